The Kier molecular flexibility index (Phi) is 2.03. The average molecular weight is 173 g/mol. The van der Waals surface area contributed by atoms with Crippen LogP contribution in [-0.4, -0.2) is 35.7 Å². The summed E-state index contributed by atoms with van der Waals surface area (Å²) < 4.78 is 0. The number of alkyl halides is 1. The molecule has 0 N–H and O–H groups in total. The summed E-state index contributed by atoms with van der Waals surface area (Å²) in [5, 5.41) is 0. The molecule has 0 radical (unpaired) electrons. The van der Waals surface area contributed by atoms with Gasteiger partial charge in [0.25, 0.3) is 0 Å². The molecule has 3 heteroatoms. The molecule has 0 spiro atoms. The van der Waals surface area contributed by atoms with Crippen LogP contribution in [0.5, 0.6) is 0 Å². The van der Waals surface area contributed by atoms with E-state index in [1.165, 1.54) is 25.8 Å². The number of halogens is 1. The summed E-state index contributed by atoms with van der Waals surface area (Å²) in [4.78, 5) is 6.79. The maximum Gasteiger partial charge on any atom is 0.114 e. The molecule has 1 fully saturated rings. The molecule has 1 atom stereocenters. The monoisotopic (exact) mass is 172 g/mol. The number of aliphatic imine (C=N–C) groups is 1. The average Bonchev–Trinajstić information content (AvgIpc) is 2.47. The van der Waals surface area contributed by atoms with Gasteiger partial charge in [0.1, 0.15) is 5.84 Å². The Balaban J connectivity index is 2.05. The van der Waals surface area contributed by atoms with E-state index in [0.717, 1.165) is 12.4 Å². The zero-order valence-electron chi connectivity index (χ0n) is 6.59. The Hall–Kier alpha value is -0.240. The number of amidine groups is 1. The molecule has 1 unspecified atom stereocenters. The van der Waals surface area contributed by atoms with E-state index in [1.807, 2.05) is 0 Å². The molecule has 0 aromatic carbocycles. The molecule has 0 aliphatic carbocycles. The molecule has 2 aliphatic heterocycles. The van der Waals surface area contributed by atoms with Crippen LogP contribution in [0.3, 0.4) is 0 Å². The van der Waals surface area contributed by atoms with Crippen LogP contribution in [-0.2, 0) is 0 Å². The minimum absolute atomic E-state index is 0.594. The summed E-state index contributed by atoms with van der Waals surface area (Å²) in [6.45, 7) is 2.16. The molecule has 0 saturated carbocycles. The van der Waals surface area contributed by atoms with Crippen LogP contribution in [0.4, 0.5) is 0 Å². The van der Waals surface area contributed by atoms with Crippen molar-refractivity contribution in [1.82, 2.24) is 4.90 Å². The number of piperidine rings is 1. The first-order chi connectivity index (χ1) is 5.42. The third-order valence-electron chi connectivity index (χ3n) is 2.56. The number of hydrogen-bond acceptors (Lipinski definition) is 2. The van der Waals surface area contributed by atoms with Crippen LogP contribution in [0.15, 0.2) is 4.99 Å². The van der Waals surface area contributed by atoms with E-state index in [4.69, 9.17) is 11.6 Å². The maximum absolute atomic E-state index is 5.76. The van der Waals surface area contributed by atoms with Gasteiger partial charge in [-0.3, -0.25) is 4.99 Å². The quantitative estimate of drug-likeness (QED) is 0.548. The molecule has 0 bridgehead atoms. The smallest absolute Gasteiger partial charge is 0.114 e. The zero-order chi connectivity index (χ0) is 7.68. The van der Waals surface area contributed by atoms with Gasteiger partial charge in [0.2, 0.25) is 0 Å². The number of fused-ring (bicyclic) bond motifs is 1. The molecule has 0 aromatic rings. The van der Waals surface area contributed by atoms with E-state index >= 15 is 0 Å². The van der Waals surface area contributed by atoms with Gasteiger partial charge in [0, 0.05) is 12.6 Å². The first-order valence-corrected chi connectivity index (χ1v) is 4.81. The number of nitrogens with zero attached hydrogens (tertiary/aromatic N) is 2. The van der Waals surface area contributed by atoms with Crippen LogP contribution < -0.4 is 0 Å². The van der Waals surface area contributed by atoms with E-state index in [1.54, 1.807) is 0 Å². The first-order valence-electron chi connectivity index (χ1n) is 4.28. The molecule has 2 heterocycles. The van der Waals surface area contributed by atoms with Crippen molar-refractivity contribution in [3.05, 3.63) is 0 Å². The highest BCUT2D eigenvalue weighted by Crippen LogP contribution is 2.22. The molecule has 2 aliphatic rings. The Morgan fingerprint density at radius 3 is 3.27 bits per heavy atom. The van der Waals surface area contributed by atoms with E-state index < -0.39 is 0 Å². The van der Waals surface area contributed by atoms with Crippen molar-refractivity contribution in [2.75, 3.05) is 19.0 Å². The summed E-state index contributed by atoms with van der Waals surface area (Å²) in [7, 11) is 0. The van der Waals surface area contributed by atoms with Gasteiger partial charge in [0.05, 0.1) is 12.4 Å². The van der Waals surface area contributed by atoms with Crippen molar-refractivity contribution in [2.24, 2.45) is 4.99 Å². The number of hydrogen-bond donors (Lipinski definition) is 0. The van der Waals surface area contributed by atoms with Crippen LogP contribution in [0, 0.1) is 0 Å². The van der Waals surface area contributed by atoms with Crippen molar-refractivity contribution in [1.29, 1.82) is 0 Å². The van der Waals surface area contributed by atoms with Gasteiger partial charge in [-0.25, -0.2) is 0 Å². The molecule has 0 amide bonds. The van der Waals surface area contributed by atoms with Crippen LogP contribution in [0.25, 0.3) is 0 Å². The predicted octanol–water partition coefficient (Wildman–Crippen LogP) is 1.49. The van der Waals surface area contributed by atoms with E-state index in [-0.39, 0.29) is 0 Å². The third-order valence-corrected chi connectivity index (χ3v) is 2.80. The highest BCUT2D eigenvalue weighted by molar-refractivity contribution is 6.28. The fraction of sp³-hybridized carbons (Fsp3) is 0.875. The zero-order valence-corrected chi connectivity index (χ0v) is 7.35. The predicted molar refractivity (Wildman–Crippen MR) is 47.4 cm³/mol. The molecule has 1 saturated heterocycles. The second kappa shape index (κ2) is 3.02. The Bertz CT molecular complexity index is 179. The largest absolute Gasteiger partial charge is 0.355 e. The van der Waals surface area contributed by atoms with Crippen LogP contribution in [0.1, 0.15) is 19.3 Å². The highest BCUT2D eigenvalue weighted by atomic mass is 35.5. The van der Waals surface area contributed by atoms with Crippen LogP contribution in [0.2, 0.25) is 0 Å². The second-order valence-corrected chi connectivity index (χ2v) is 3.50. The van der Waals surface area contributed by atoms with Gasteiger partial charge in [-0.05, 0) is 19.3 Å². The molecule has 0 aromatic heterocycles. The third kappa shape index (κ3) is 1.24. The summed E-state index contributed by atoms with van der Waals surface area (Å²) in [6, 6.07) is 0.692. The molecule has 2 nitrogen and oxygen atoms in total. The Morgan fingerprint density at radius 2 is 2.45 bits per heavy atom. The lowest BCUT2D eigenvalue weighted by Crippen LogP contribution is -2.40. The standard InChI is InChI=1S/C8H13ClN2/c9-5-8-10-6-7-3-1-2-4-11(7)8/h7H,1-6H2. The molecule has 2 rings (SSSR count). The second-order valence-electron chi connectivity index (χ2n) is 3.23. The van der Waals surface area contributed by atoms with Crippen LogP contribution >= 0.6 is 11.6 Å². The lowest BCUT2D eigenvalue weighted by atomic mass is 10.0. The van der Waals surface area contributed by atoms with Gasteiger partial charge in [-0.1, -0.05) is 0 Å². The Morgan fingerprint density at radius 1 is 1.55 bits per heavy atom. The van der Waals surface area contributed by atoms with E-state index in [2.05, 4.69) is 9.89 Å². The van der Waals surface area contributed by atoms with Gasteiger partial charge in [-0.15, -0.1) is 11.6 Å². The summed E-state index contributed by atoms with van der Waals surface area (Å²) in [6.07, 6.45) is 3.99. The molecule has 62 valence electrons. The molecule has 11 heavy (non-hydrogen) atoms. The van der Waals surface area contributed by atoms with E-state index in [9.17, 15) is 0 Å². The van der Waals surface area contributed by atoms with Crippen molar-refractivity contribution >= 4 is 17.4 Å². The fourth-order valence-corrected chi connectivity index (χ4v) is 2.19. The lowest BCUT2D eigenvalue weighted by molar-refractivity contribution is 0.267. The first kappa shape index (κ1) is 7.41. The minimum atomic E-state index is 0.594. The Labute approximate surface area is 72.2 Å². The minimum Gasteiger partial charge on any atom is -0.355 e. The highest BCUT2D eigenvalue weighted by Gasteiger charge is 2.28. The fourth-order valence-electron chi connectivity index (χ4n) is 1.95. The van der Waals surface area contributed by atoms with Gasteiger partial charge in [-0.2, -0.15) is 0 Å². The molecular weight excluding hydrogens is 160 g/mol. The van der Waals surface area contributed by atoms with Gasteiger partial charge >= 0.3 is 0 Å². The van der Waals surface area contributed by atoms with Crippen molar-refractivity contribution in [3.63, 3.8) is 0 Å². The van der Waals surface area contributed by atoms with Gasteiger partial charge in [0.15, 0.2) is 0 Å². The van der Waals surface area contributed by atoms with Crippen molar-refractivity contribution < 1.29 is 0 Å². The summed E-state index contributed by atoms with van der Waals surface area (Å²) >= 11 is 5.76. The SMILES string of the molecule is ClCC1=NCC2CCCCN12. The maximum atomic E-state index is 5.76. The van der Waals surface area contributed by atoms with Gasteiger partial charge < -0.3 is 4.90 Å². The van der Waals surface area contributed by atoms with E-state index in [0.29, 0.717) is 11.9 Å². The topological polar surface area (TPSA) is 15.6 Å². The number of rotatable bonds is 1. The normalized spacial score (nSPS) is 30.1. The summed E-state index contributed by atoms with van der Waals surface area (Å²) in [5.74, 6) is 1.72. The molecular formula is C8H13ClN2. The van der Waals surface area contributed by atoms with Crippen molar-refractivity contribution in [3.8, 4) is 0 Å². The summed E-state index contributed by atoms with van der Waals surface area (Å²) in [5.41, 5.74) is 0. The van der Waals surface area contributed by atoms with Crippen molar-refractivity contribution in [2.45, 2.75) is 25.3 Å². The lowest BCUT2D eigenvalue weighted by Gasteiger charge is -2.31.